The lowest BCUT2D eigenvalue weighted by atomic mass is 9.89. The van der Waals surface area contributed by atoms with Crippen LogP contribution < -0.4 is 5.32 Å². The van der Waals surface area contributed by atoms with Gasteiger partial charge in [0.1, 0.15) is 5.82 Å². The summed E-state index contributed by atoms with van der Waals surface area (Å²) in [6.45, 7) is 1.95. The van der Waals surface area contributed by atoms with Crippen LogP contribution in [-0.4, -0.2) is 20.9 Å². The first-order valence-corrected chi connectivity index (χ1v) is 6.47. The summed E-state index contributed by atoms with van der Waals surface area (Å²) in [6.07, 6.45) is 5.80. The monoisotopic (exact) mass is 256 g/mol. The number of aromatic amines is 1. The van der Waals surface area contributed by atoms with E-state index in [1.54, 1.807) is 12.4 Å². The number of hydrogen-bond donors (Lipinski definition) is 2. The quantitative estimate of drug-likeness (QED) is 0.861. The van der Waals surface area contributed by atoms with E-state index in [0.29, 0.717) is 0 Å². The molecule has 0 bridgehead atoms. The molecule has 2 N–H and O–H groups in total. The van der Waals surface area contributed by atoms with E-state index in [4.69, 9.17) is 0 Å². The number of anilines is 1. The standard InChI is InChI=1S/C14H16N4O/c1-9-16-12-5-4-10(7-13(12)17-9)14(19)18-11-3-2-6-15-8-11/h2-3,6,8,10H,4-5,7H2,1H3,(H,16,17)(H,18,19)/t10-/m0/s1. The fourth-order valence-corrected chi connectivity index (χ4v) is 2.53. The predicted molar refractivity (Wildman–Crippen MR) is 71.7 cm³/mol. The third-order valence-corrected chi connectivity index (χ3v) is 3.46. The maximum Gasteiger partial charge on any atom is 0.227 e. The molecule has 2 aromatic rings. The van der Waals surface area contributed by atoms with Crippen molar-refractivity contribution in [3.63, 3.8) is 0 Å². The van der Waals surface area contributed by atoms with Gasteiger partial charge < -0.3 is 10.3 Å². The molecule has 0 aliphatic heterocycles. The van der Waals surface area contributed by atoms with Gasteiger partial charge in [0.15, 0.2) is 0 Å². The van der Waals surface area contributed by atoms with Gasteiger partial charge in [-0.05, 0) is 31.9 Å². The number of nitrogens with one attached hydrogen (secondary N) is 2. The second-order valence-corrected chi connectivity index (χ2v) is 4.92. The summed E-state index contributed by atoms with van der Waals surface area (Å²) < 4.78 is 0. The Balaban J connectivity index is 1.69. The minimum Gasteiger partial charge on any atom is -0.346 e. The fraction of sp³-hybridized carbons (Fsp3) is 0.357. The Kier molecular flexibility index (Phi) is 3.03. The van der Waals surface area contributed by atoms with Crippen LogP contribution in [-0.2, 0) is 17.6 Å². The summed E-state index contributed by atoms with van der Waals surface area (Å²) in [4.78, 5) is 23.9. The van der Waals surface area contributed by atoms with Crippen LogP contribution in [0.3, 0.4) is 0 Å². The molecule has 2 heterocycles. The number of carbonyl (C=O) groups is 1. The molecule has 1 aliphatic carbocycles. The van der Waals surface area contributed by atoms with Crippen LogP contribution in [0.1, 0.15) is 23.6 Å². The lowest BCUT2D eigenvalue weighted by Crippen LogP contribution is -2.28. The molecule has 0 fully saturated rings. The fourth-order valence-electron chi connectivity index (χ4n) is 2.53. The van der Waals surface area contributed by atoms with Gasteiger partial charge in [-0.15, -0.1) is 0 Å². The second kappa shape index (κ2) is 4.84. The minimum absolute atomic E-state index is 0.00700. The van der Waals surface area contributed by atoms with Gasteiger partial charge >= 0.3 is 0 Å². The van der Waals surface area contributed by atoms with Gasteiger partial charge in [-0.2, -0.15) is 0 Å². The molecule has 98 valence electrons. The van der Waals surface area contributed by atoms with Crippen LogP contribution in [0, 0.1) is 12.8 Å². The number of pyridine rings is 1. The van der Waals surface area contributed by atoms with E-state index in [1.165, 1.54) is 0 Å². The number of nitrogens with zero attached hydrogens (tertiary/aromatic N) is 2. The molecule has 0 saturated heterocycles. The Labute approximate surface area is 111 Å². The third kappa shape index (κ3) is 2.50. The average molecular weight is 256 g/mol. The molecular weight excluding hydrogens is 240 g/mol. The highest BCUT2D eigenvalue weighted by Gasteiger charge is 2.26. The number of imidazole rings is 1. The Morgan fingerprint density at radius 2 is 2.42 bits per heavy atom. The molecule has 3 rings (SSSR count). The molecule has 2 aromatic heterocycles. The van der Waals surface area contributed by atoms with Crippen molar-refractivity contribution >= 4 is 11.6 Å². The molecule has 0 unspecified atom stereocenters. The van der Waals surface area contributed by atoms with Crippen molar-refractivity contribution in [2.45, 2.75) is 26.2 Å². The number of rotatable bonds is 2. The maximum atomic E-state index is 12.2. The normalized spacial score (nSPS) is 17.8. The summed E-state index contributed by atoms with van der Waals surface area (Å²) in [5.74, 6) is 0.997. The van der Waals surface area contributed by atoms with Crippen LogP contribution in [0.5, 0.6) is 0 Å². The second-order valence-electron chi connectivity index (χ2n) is 4.92. The lowest BCUT2D eigenvalue weighted by molar-refractivity contribution is -0.120. The van der Waals surface area contributed by atoms with Crippen LogP contribution in [0.15, 0.2) is 24.5 Å². The highest BCUT2D eigenvalue weighted by molar-refractivity contribution is 5.92. The van der Waals surface area contributed by atoms with Crippen LogP contribution in [0.4, 0.5) is 5.69 Å². The first kappa shape index (κ1) is 11.9. The SMILES string of the molecule is Cc1nc2c([nH]1)C[C@@H](C(=O)Nc1cccnc1)CC2. The number of aryl methyl sites for hydroxylation is 2. The number of fused-ring (bicyclic) bond motifs is 1. The molecular formula is C14H16N4O. The minimum atomic E-state index is 0.00700. The van der Waals surface area contributed by atoms with Crippen molar-refractivity contribution in [3.05, 3.63) is 41.7 Å². The molecule has 1 aliphatic rings. The van der Waals surface area contributed by atoms with Gasteiger partial charge in [-0.3, -0.25) is 9.78 Å². The molecule has 0 saturated carbocycles. The predicted octanol–water partition coefficient (Wildman–Crippen LogP) is 1.86. The highest BCUT2D eigenvalue weighted by Crippen LogP contribution is 2.24. The average Bonchev–Trinajstić information content (AvgIpc) is 2.78. The summed E-state index contributed by atoms with van der Waals surface area (Å²) in [5, 5.41) is 2.91. The van der Waals surface area contributed by atoms with Crippen molar-refractivity contribution in [2.24, 2.45) is 5.92 Å². The van der Waals surface area contributed by atoms with Crippen molar-refractivity contribution < 1.29 is 4.79 Å². The van der Waals surface area contributed by atoms with Gasteiger partial charge in [-0.25, -0.2) is 4.98 Å². The lowest BCUT2D eigenvalue weighted by Gasteiger charge is -2.20. The van der Waals surface area contributed by atoms with Crippen LogP contribution in [0.25, 0.3) is 0 Å². The van der Waals surface area contributed by atoms with Gasteiger partial charge in [0.05, 0.1) is 17.6 Å². The van der Waals surface area contributed by atoms with E-state index >= 15 is 0 Å². The molecule has 5 heteroatoms. The van der Waals surface area contributed by atoms with Gasteiger partial charge in [0, 0.05) is 24.2 Å². The Morgan fingerprint density at radius 3 is 3.21 bits per heavy atom. The number of amides is 1. The van der Waals surface area contributed by atoms with Gasteiger partial charge in [0.2, 0.25) is 5.91 Å². The number of carbonyl (C=O) groups excluding carboxylic acids is 1. The van der Waals surface area contributed by atoms with Crippen molar-refractivity contribution in [3.8, 4) is 0 Å². The number of H-pyrrole nitrogens is 1. The van der Waals surface area contributed by atoms with Crippen LogP contribution >= 0.6 is 0 Å². The van der Waals surface area contributed by atoms with Crippen molar-refractivity contribution in [2.75, 3.05) is 5.32 Å². The summed E-state index contributed by atoms with van der Waals surface area (Å²) in [5.41, 5.74) is 2.97. The van der Waals surface area contributed by atoms with Crippen molar-refractivity contribution in [1.29, 1.82) is 0 Å². The molecule has 1 amide bonds. The van der Waals surface area contributed by atoms with E-state index in [9.17, 15) is 4.79 Å². The smallest absolute Gasteiger partial charge is 0.227 e. The maximum absolute atomic E-state index is 12.2. The first-order valence-electron chi connectivity index (χ1n) is 6.47. The van der Waals surface area contributed by atoms with E-state index in [0.717, 1.165) is 42.2 Å². The molecule has 19 heavy (non-hydrogen) atoms. The zero-order valence-electron chi connectivity index (χ0n) is 10.8. The van der Waals surface area contributed by atoms with Crippen LogP contribution in [0.2, 0.25) is 0 Å². The molecule has 0 radical (unpaired) electrons. The van der Waals surface area contributed by atoms with E-state index in [2.05, 4.69) is 20.3 Å². The molecule has 0 spiro atoms. The summed E-state index contributed by atoms with van der Waals surface area (Å²) in [6, 6.07) is 3.66. The summed E-state index contributed by atoms with van der Waals surface area (Å²) in [7, 11) is 0. The largest absolute Gasteiger partial charge is 0.346 e. The zero-order valence-corrected chi connectivity index (χ0v) is 10.8. The third-order valence-electron chi connectivity index (χ3n) is 3.46. The Bertz CT molecular complexity index is 591. The molecule has 5 nitrogen and oxygen atoms in total. The Morgan fingerprint density at radius 1 is 1.53 bits per heavy atom. The van der Waals surface area contributed by atoms with Crippen molar-refractivity contribution in [1.82, 2.24) is 15.0 Å². The first-order chi connectivity index (χ1) is 9.22. The van der Waals surface area contributed by atoms with E-state index < -0.39 is 0 Å². The Hall–Kier alpha value is -2.17. The van der Waals surface area contributed by atoms with Gasteiger partial charge in [0.25, 0.3) is 0 Å². The topological polar surface area (TPSA) is 70.7 Å². The van der Waals surface area contributed by atoms with E-state index in [1.807, 2.05) is 19.1 Å². The summed E-state index contributed by atoms with van der Waals surface area (Å²) >= 11 is 0. The highest BCUT2D eigenvalue weighted by atomic mass is 16.1. The zero-order chi connectivity index (χ0) is 13.2. The number of hydrogen-bond acceptors (Lipinski definition) is 3. The number of aromatic nitrogens is 3. The molecule has 0 aromatic carbocycles. The van der Waals surface area contributed by atoms with Gasteiger partial charge in [-0.1, -0.05) is 0 Å². The molecule has 1 atom stereocenters. The van der Waals surface area contributed by atoms with E-state index in [-0.39, 0.29) is 11.8 Å².